The number of nitrogens with one attached hydrogen (secondary N) is 2. The highest BCUT2D eigenvalue weighted by molar-refractivity contribution is 5.91. The van der Waals surface area contributed by atoms with Crippen LogP contribution in [0.3, 0.4) is 0 Å². The molecular weight excluding hydrogens is 418 g/mol. The standard InChI is InChI=1S/C22H41N3O7/c1-13(2)11-15(19(28)25-16(20(29)30)12-31-21(3,4)5)24-18(27)14(23)9-10-17(26)32-22(6,7)8/h13-16H,9-12,23H2,1-8H3,(H,24,27)(H,25,28)(H,29,30)/t14-,15-,16-/m0/s1. The topological polar surface area (TPSA) is 157 Å². The van der Waals surface area contributed by atoms with Gasteiger partial charge in [-0.2, -0.15) is 0 Å². The van der Waals surface area contributed by atoms with Crippen LogP contribution in [0.2, 0.25) is 0 Å². The first-order chi connectivity index (χ1) is 14.4. The monoisotopic (exact) mass is 459 g/mol. The van der Waals surface area contributed by atoms with Crippen molar-refractivity contribution in [1.82, 2.24) is 10.6 Å². The number of hydrogen-bond donors (Lipinski definition) is 4. The van der Waals surface area contributed by atoms with Crippen molar-refractivity contribution in [1.29, 1.82) is 0 Å². The van der Waals surface area contributed by atoms with Crippen LogP contribution in [0.15, 0.2) is 0 Å². The molecule has 0 unspecified atom stereocenters. The maximum Gasteiger partial charge on any atom is 0.328 e. The molecule has 0 rings (SSSR count). The first-order valence-electron chi connectivity index (χ1n) is 10.9. The largest absolute Gasteiger partial charge is 0.480 e. The van der Waals surface area contributed by atoms with Gasteiger partial charge in [0.2, 0.25) is 11.8 Å². The Bertz CT molecular complexity index is 651. The van der Waals surface area contributed by atoms with E-state index in [1.165, 1.54) is 0 Å². The lowest BCUT2D eigenvalue weighted by Crippen LogP contribution is -2.56. The minimum Gasteiger partial charge on any atom is -0.480 e. The van der Waals surface area contributed by atoms with Gasteiger partial charge in [-0.25, -0.2) is 4.79 Å². The summed E-state index contributed by atoms with van der Waals surface area (Å²) in [6.07, 6.45) is 0.287. The first kappa shape index (κ1) is 29.8. The molecule has 32 heavy (non-hydrogen) atoms. The Morgan fingerprint density at radius 1 is 0.906 bits per heavy atom. The highest BCUT2D eigenvalue weighted by Crippen LogP contribution is 2.11. The van der Waals surface area contributed by atoms with Crippen LogP contribution >= 0.6 is 0 Å². The fraction of sp³-hybridized carbons (Fsp3) is 0.818. The summed E-state index contributed by atoms with van der Waals surface area (Å²) in [7, 11) is 0. The summed E-state index contributed by atoms with van der Waals surface area (Å²) in [6.45, 7) is 14.0. The van der Waals surface area contributed by atoms with E-state index in [-0.39, 0.29) is 31.8 Å². The van der Waals surface area contributed by atoms with E-state index in [1.807, 2.05) is 13.8 Å². The van der Waals surface area contributed by atoms with Crippen LogP contribution in [0.5, 0.6) is 0 Å². The minimum atomic E-state index is -1.27. The van der Waals surface area contributed by atoms with E-state index in [4.69, 9.17) is 15.2 Å². The number of hydrogen-bond acceptors (Lipinski definition) is 7. The Hall–Kier alpha value is -2.20. The van der Waals surface area contributed by atoms with Crippen LogP contribution < -0.4 is 16.4 Å². The summed E-state index contributed by atoms with van der Waals surface area (Å²) in [5.74, 6) is -2.92. The molecule has 10 nitrogen and oxygen atoms in total. The quantitative estimate of drug-likeness (QED) is 0.319. The number of rotatable bonds is 12. The molecule has 2 amide bonds. The lowest BCUT2D eigenvalue weighted by molar-refractivity contribution is -0.155. The van der Waals surface area contributed by atoms with Crippen molar-refractivity contribution >= 4 is 23.8 Å². The van der Waals surface area contributed by atoms with Crippen LogP contribution in [0.25, 0.3) is 0 Å². The third-order valence-electron chi connectivity index (χ3n) is 4.05. The second-order valence-corrected chi connectivity index (χ2v) is 10.2. The normalized spacial score (nSPS) is 14.9. The Kier molecular flexibility index (Phi) is 11.9. The maximum atomic E-state index is 12.7. The predicted octanol–water partition coefficient (Wildman–Crippen LogP) is 1.35. The van der Waals surface area contributed by atoms with E-state index >= 15 is 0 Å². The Balaban J connectivity index is 5.04. The SMILES string of the molecule is CC(C)C[C@H](NC(=O)[C@@H](N)CCC(=O)OC(C)(C)C)C(=O)N[C@@H](COC(C)(C)C)C(=O)O. The van der Waals surface area contributed by atoms with Crippen molar-refractivity contribution in [2.45, 2.75) is 104 Å². The Morgan fingerprint density at radius 2 is 1.44 bits per heavy atom. The van der Waals surface area contributed by atoms with Crippen LogP contribution in [0.1, 0.15) is 74.7 Å². The van der Waals surface area contributed by atoms with Crippen molar-refractivity contribution in [3.63, 3.8) is 0 Å². The molecule has 0 saturated heterocycles. The molecule has 0 fully saturated rings. The average molecular weight is 460 g/mol. The summed E-state index contributed by atoms with van der Waals surface area (Å²) in [5, 5.41) is 14.4. The Morgan fingerprint density at radius 3 is 1.88 bits per heavy atom. The lowest BCUT2D eigenvalue weighted by Gasteiger charge is -2.26. The van der Waals surface area contributed by atoms with Gasteiger partial charge in [0.15, 0.2) is 6.04 Å². The molecule has 0 saturated carbocycles. The van der Waals surface area contributed by atoms with Gasteiger partial charge in [0.05, 0.1) is 18.2 Å². The summed E-state index contributed by atoms with van der Waals surface area (Å²) < 4.78 is 10.7. The van der Waals surface area contributed by atoms with Gasteiger partial charge in [-0.1, -0.05) is 13.8 Å². The second-order valence-electron chi connectivity index (χ2n) is 10.2. The zero-order valence-corrected chi connectivity index (χ0v) is 20.6. The number of aliphatic carboxylic acids is 1. The van der Waals surface area contributed by atoms with Crippen LogP contribution in [-0.2, 0) is 28.7 Å². The van der Waals surface area contributed by atoms with E-state index in [0.29, 0.717) is 0 Å². The van der Waals surface area contributed by atoms with Crippen LogP contribution in [-0.4, -0.2) is 64.8 Å². The van der Waals surface area contributed by atoms with E-state index in [1.54, 1.807) is 41.5 Å². The van der Waals surface area contributed by atoms with Crippen molar-refractivity contribution in [3.05, 3.63) is 0 Å². The highest BCUT2D eigenvalue weighted by Gasteiger charge is 2.30. The zero-order chi connectivity index (χ0) is 25.3. The number of ether oxygens (including phenoxy) is 2. The molecule has 0 aliphatic heterocycles. The predicted molar refractivity (Wildman–Crippen MR) is 120 cm³/mol. The molecule has 0 bridgehead atoms. The zero-order valence-electron chi connectivity index (χ0n) is 20.6. The van der Waals surface area contributed by atoms with E-state index in [0.717, 1.165) is 0 Å². The second kappa shape index (κ2) is 12.7. The molecule has 0 radical (unpaired) electrons. The molecule has 5 N–H and O–H groups in total. The van der Waals surface area contributed by atoms with Gasteiger partial charge < -0.3 is 30.9 Å². The number of carboxylic acids is 1. The minimum absolute atomic E-state index is 0.0399. The molecule has 186 valence electrons. The lowest BCUT2D eigenvalue weighted by atomic mass is 10.0. The van der Waals surface area contributed by atoms with Crippen molar-refractivity contribution in [3.8, 4) is 0 Å². The van der Waals surface area contributed by atoms with Gasteiger partial charge in [-0.15, -0.1) is 0 Å². The van der Waals surface area contributed by atoms with Gasteiger partial charge in [0, 0.05) is 6.42 Å². The number of amides is 2. The first-order valence-corrected chi connectivity index (χ1v) is 10.9. The summed E-state index contributed by atoms with van der Waals surface area (Å²) in [4.78, 5) is 48.6. The molecule has 0 heterocycles. The number of carbonyl (C=O) groups excluding carboxylic acids is 3. The molecule has 0 aromatic heterocycles. The van der Waals surface area contributed by atoms with E-state index in [2.05, 4.69) is 10.6 Å². The Labute approximate surface area is 191 Å². The van der Waals surface area contributed by atoms with Gasteiger partial charge in [0.1, 0.15) is 11.6 Å². The molecule has 0 aliphatic carbocycles. The van der Waals surface area contributed by atoms with E-state index < -0.39 is 53.1 Å². The van der Waals surface area contributed by atoms with Gasteiger partial charge in [-0.3, -0.25) is 14.4 Å². The maximum absolute atomic E-state index is 12.7. The molecule has 10 heteroatoms. The molecular formula is C22H41N3O7. The number of carboxylic acid groups (broad SMARTS) is 1. The van der Waals surface area contributed by atoms with E-state index in [9.17, 15) is 24.3 Å². The van der Waals surface area contributed by atoms with Crippen LogP contribution in [0.4, 0.5) is 0 Å². The average Bonchev–Trinajstić information content (AvgIpc) is 2.59. The van der Waals surface area contributed by atoms with Gasteiger partial charge in [-0.05, 0) is 60.3 Å². The summed E-state index contributed by atoms with van der Waals surface area (Å²) >= 11 is 0. The van der Waals surface area contributed by atoms with Crippen LogP contribution in [0, 0.1) is 5.92 Å². The number of carbonyl (C=O) groups is 4. The van der Waals surface area contributed by atoms with Gasteiger partial charge >= 0.3 is 11.9 Å². The molecule has 0 aromatic rings. The van der Waals surface area contributed by atoms with Crippen molar-refractivity contribution in [2.24, 2.45) is 11.7 Å². The molecule has 0 aliphatic rings. The highest BCUT2D eigenvalue weighted by atomic mass is 16.6. The fourth-order valence-electron chi connectivity index (χ4n) is 2.56. The number of nitrogens with two attached hydrogens (primary N) is 1. The van der Waals surface area contributed by atoms with Gasteiger partial charge in [0.25, 0.3) is 0 Å². The number of esters is 1. The summed E-state index contributed by atoms with van der Waals surface area (Å²) in [6, 6.07) is -3.27. The third-order valence-corrected chi connectivity index (χ3v) is 4.05. The van der Waals surface area contributed by atoms with Crippen molar-refractivity contribution in [2.75, 3.05) is 6.61 Å². The molecule has 0 aromatic carbocycles. The summed E-state index contributed by atoms with van der Waals surface area (Å²) in [5.41, 5.74) is 4.67. The third kappa shape index (κ3) is 14.0. The molecule has 0 spiro atoms. The molecule has 3 atom stereocenters. The fourth-order valence-corrected chi connectivity index (χ4v) is 2.56. The van der Waals surface area contributed by atoms with Crippen molar-refractivity contribution < 1.29 is 33.8 Å². The smallest absolute Gasteiger partial charge is 0.328 e.